The van der Waals surface area contributed by atoms with Crippen molar-refractivity contribution in [3.63, 3.8) is 0 Å². The van der Waals surface area contributed by atoms with Crippen LogP contribution >= 0.6 is 0 Å². The molecule has 3 N–H and O–H groups in total. The standard InChI is InChI=1S/C15H25N5O/c1-3-6-12-19-13(16-8-4-2)10-14(20-12)18-11-7-5-9-17-15(11)21/h10-11H,3-9H2,1-2H3,(H,17,21)(H2,16,18,19,20). The van der Waals surface area contributed by atoms with Crippen LogP contribution in [0.2, 0.25) is 0 Å². The molecule has 1 aromatic heterocycles. The maximum absolute atomic E-state index is 11.8. The summed E-state index contributed by atoms with van der Waals surface area (Å²) < 4.78 is 0. The molecule has 1 aromatic rings. The summed E-state index contributed by atoms with van der Waals surface area (Å²) in [6.45, 7) is 5.88. The number of piperidine rings is 1. The average Bonchev–Trinajstić information content (AvgIpc) is 2.48. The van der Waals surface area contributed by atoms with E-state index in [9.17, 15) is 4.79 Å². The molecule has 0 aromatic carbocycles. The first kappa shape index (κ1) is 15.5. The van der Waals surface area contributed by atoms with Crippen LogP contribution in [-0.2, 0) is 11.2 Å². The fraction of sp³-hybridized carbons (Fsp3) is 0.667. The van der Waals surface area contributed by atoms with Crippen molar-refractivity contribution < 1.29 is 4.79 Å². The van der Waals surface area contributed by atoms with Crippen LogP contribution in [0, 0.1) is 0 Å². The van der Waals surface area contributed by atoms with E-state index in [1.807, 2.05) is 6.07 Å². The Hall–Kier alpha value is -1.85. The van der Waals surface area contributed by atoms with Crippen molar-refractivity contribution in [2.45, 2.75) is 52.0 Å². The van der Waals surface area contributed by atoms with E-state index in [0.717, 1.165) is 62.7 Å². The monoisotopic (exact) mass is 291 g/mol. The van der Waals surface area contributed by atoms with Gasteiger partial charge in [0.15, 0.2) is 0 Å². The lowest BCUT2D eigenvalue weighted by atomic mass is 10.1. The molecule has 1 amide bonds. The molecule has 1 saturated heterocycles. The van der Waals surface area contributed by atoms with E-state index in [1.54, 1.807) is 0 Å². The molecule has 0 aliphatic carbocycles. The van der Waals surface area contributed by atoms with Gasteiger partial charge in [0.25, 0.3) is 0 Å². The van der Waals surface area contributed by atoms with Crippen LogP contribution in [0.4, 0.5) is 11.6 Å². The second kappa shape index (κ2) is 7.81. The molecule has 0 saturated carbocycles. The first-order valence-electron chi connectivity index (χ1n) is 7.89. The predicted molar refractivity (Wildman–Crippen MR) is 84.5 cm³/mol. The molecule has 2 heterocycles. The van der Waals surface area contributed by atoms with Crippen molar-refractivity contribution in [3.8, 4) is 0 Å². The topological polar surface area (TPSA) is 78.9 Å². The summed E-state index contributed by atoms with van der Waals surface area (Å²) in [5.41, 5.74) is 0. The van der Waals surface area contributed by atoms with E-state index in [1.165, 1.54) is 0 Å². The fourth-order valence-corrected chi connectivity index (χ4v) is 2.34. The smallest absolute Gasteiger partial charge is 0.242 e. The van der Waals surface area contributed by atoms with Crippen molar-refractivity contribution in [1.82, 2.24) is 15.3 Å². The number of amides is 1. The van der Waals surface area contributed by atoms with Crippen LogP contribution in [0.5, 0.6) is 0 Å². The molecule has 0 bridgehead atoms. The summed E-state index contributed by atoms with van der Waals surface area (Å²) in [4.78, 5) is 20.9. The molecular weight excluding hydrogens is 266 g/mol. The van der Waals surface area contributed by atoms with Crippen LogP contribution in [0.1, 0.15) is 45.4 Å². The quantitative estimate of drug-likeness (QED) is 0.715. The highest BCUT2D eigenvalue weighted by atomic mass is 16.2. The number of hydrogen-bond donors (Lipinski definition) is 3. The van der Waals surface area contributed by atoms with Gasteiger partial charge in [0.05, 0.1) is 0 Å². The third kappa shape index (κ3) is 4.58. The van der Waals surface area contributed by atoms with Crippen molar-refractivity contribution in [3.05, 3.63) is 11.9 Å². The van der Waals surface area contributed by atoms with Crippen molar-refractivity contribution >= 4 is 17.5 Å². The molecule has 1 aliphatic heterocycles. The SMILES string of the molecule is CCCNc1cc(NC2CCCNC2=O)nc(CCC)n1. The minimum Gasteiger partial charge on any atom is -0.370 e. The maximum atomic E-state index is 11.8. The highest BCUT2D eigenvalue weighted by Crippen LogP contribution is 2.16. The lowest BCUT2D eigenvalue weighted by Crippen LogP contribution is -2.44. The molecule has 21 heavy (non-hydrogen) atoms. The number of nitrogens with one attached hydrogen (secondary N) is 3. The van der Waals surface area contributed by atoms with Crippen molar-refractivity contribution in [2.75, 3.05) is 23.7 Å². The minimum atomic E-state index is -0.192. The Kier molecular flexibility index (Phi) is 5.78. The van der Waals surface area contributed by atoms with Gasteiger partial charge in [-0.1, -0.05) is 13.8 Å². The summed E-state index contributed by atoms with van der Waals surface area (Å²) in [5.74, 6) is 2.43. The fourth-order valence-electron chi connectivity index (χ4n) is 2.34. The van der Waals surface area contributed by atoms with Crippen LogP contribution in [0.3, 0.4) is 0 Å². The Balaban J connectivity index is 2.12. The zero-order valence-corrected chi connectivity index (χ0v) is 12.9. The van der Waals surface area contributed by atoms with Crippen molar-refractivity contribution in [1.29, 1.82) is 0 Å². The molecule has 6 nitrogen and oxygen atoms in total. The number of aryl methyl sites for hydroxylation is 1. The minimum absolute atomic E-state index is 0.0555. The van der Waals surface area contributed by atoms with Gasteiger partial charge >= 0.3 is 0 Å². The highest BCUT2D eigenvalue weighted by molar-refractivity contribution is 5.85. The molecule has 0 spiro atoms. The first-order chi connectivity index (χ1) is 10.2. The van der Waals surface area contributed by atoms with E-state index in [0.29, 0.717) is 0 Å². The maximum Gasteiger partial charge on any atom is 0.242 e. The van der Waals surface area contributed by atoms with Gasteiger partial charge in [-0.3, -0.25) is 4.79 Å². The van der Waals surface area contributed by atoms with E-state index in [4.69, 9.17) is 0 Å². The number of carbonyl (C=O) groups is 1. The molecule has 1 fully saturated rings. The number of carbonyl (C=O) groups excluding carboxylic acids is 1. The summed E-state index contributed by atoms with van der Waals surface area (Å²) in [6.07, 6.45) is 4.72. The normalized spacial score (nSPS) is 18.2. The Morgan fingerprint density at radius 1 is 1.29 bits per heavy atom. The molecular formula is C15H25N5O. The number of aromatic nitrogens is 2. The van der Waals surface area contributed by atoms with Crippen molar-refractivity contribution in [2.24, 2.45) is 0 Å². The van der Waals surface area contributed by atoms with Gasteiger partial charge in [0.2, 0.25) is 5.91 Å². The van der Waals surface area contributed by atoms with Gasteiger partial charge in [-0.25, -0.2) is 9.97 Å². The summed E-state index contributed by atoms with van der Waals surface area (Å²) in [7, 11) is 0. The summed E-state index contributed by atoms with van der Waals surface area (Å²) >= 11 is 0. The number of anilines is 2. The molecule has 0 radical (unpaired) electrons. The zero-order chi connectivity index (χ0) is 15.1. The molecule has 6 heteroatoms. The van der Waals surface area contributed by atoms with Gasteiger partial charge in [0.1, 0.15) is 23.5 Å². The molecule has 1 unspecified atom stereocenters. The third-order valence-corrected chi connectivity index (χ3v) is 3.41. The van der Waals surface area contributed by atoms with Crippen LogP contribution in [-0.4, -0.2) is 35.0 Å². The Bertz CT molecular complexity index is 477. The third-order valence-electron chi connectivity index (χ3n) is 3.41. The Morgan fingerprint density at radius 3 is 2.81 bits per heavy atom. The largest absolute Gasteiger partial charge is 0.370 e. The first-order valence-corrected chi connectivity index (χ1v) is 7.89. The second-order valence-electron chi connectivity index (χ2n) is 5.36. The van der Waals surface area contributed by atoms with E-state index in [-0.39, 0.29) is 11.9 Å². The van der Waals surface area contributed by atoms with Crippen LogP contribution in [0.25, 0.3) is 0 Å². The lowest BCUT2D eigenvalue weighted by molar-refractivity contribution is -0.123. The van der Waals surface area contributed by atoms with Crippen LogP contribution in [0.15, 0.2) is 6.07 Å². The highest BCUT2D eigenvalue weighted by Gasteiger charge is 2.22. The summed E-state index contributed by atoms with van der Waals surface area (Å²) in [6, 6.07) is 1.69. The number of hydrogen-bond acceptors (Lipinski definition) is 5. The second-order valence-corrected chi connectivity index (χ2v) is 5.36. The van der Waals surface area contributed by atoms with E-state index in [2.05, 4.69) is 39.8 Å². The van der Waals surface area contributed by atoms with Gasteiger partial charge in [0, 0.05) is 25.6 Å². The molecule has 1 aliphatic rings. The zero-order valence-electron chi connectivity index (χ0n) is 12.9. The number of rotatable bonds is 7. The van der Waals surface area contributed by atoms with E-state index >= 15 is 0 Å². The van der Waals surface area contributed by atoms with Gasteiger partial charge in [-0.15, -0.1) is 0 Å². The van der Waals surface area contributed by atoms with Gasteiger partial charge in [-0.2, -0.15) is 0 Å². The van der Waals surface area contributed by atoms with Crippen LogP contribution < -0.4 is 16.0 Å². The average molecular weight is 291 g/mol. The molecule has 116 valence electrons. The van der Waals surface area contributed by atoms with Gasteiger partial charge < -0.3 is 16.0 Å². The van der Waals surface area contributed by atoms with Gasteiger partial charge in [-0.05, 0) is 25.7 Å². The lowest BCUT2D eigenvalue weighted by Gasteiger charge is -2.23. The molecule has 1 atom stereocenters. The number of nitrogens with zero attached hydrogens (tertiary/aromatic N) is 2. The summed E-state index contributed by atoms with van der Waals surface area (Å²) in [5, 5.41) is 9.41. The van der Waals surface area contributed by atoms with E-state index < -0.39 is 0 Å². The Labute approximate surface area is 126 Å². The Morgan fingerprint density at radius 2 is 2.10 bits per heavy atom. The molecule has 2 rings (SSSR count). The predicted octanol–water partition coefficient (Wildman–Crippen LogP) is 1.94.